The van der Waals surface area contributed by atoms with Gasteiger partial charge in [-0.2, -0.15) is 22.0 Å². The molecule has 1 heterocycles. The van der Waals surface area contributed by atoms with Gasteiger partial charge in [0.25, 0.3) is 0 Å². The summed E-state index contributed by atoms with van der Waals surface area (Å²) >= 11 is 1.15. The van der Waals surface area contributed by atoms with Crippen LogP contribution in [0.4, 0.5) is 26.3 Å². The van der Waals surface area contributed by atoms with Crippen LogP contribution in [0.3, 0.4) is 0 Å². The first kappa shape index (κ1) is 28.1. The number of nitrogens with one attached hydrogen (secondary N) is 1. The van der Waals surface area contributed by atoms with Gasteiger partial charge in [-0.1, -0.05) is 0 Å². The van der Waals surface area contributed by atoms with Crippen LogP contribution in [0.5, 0.6) is 0 Å². The Morgan fingerprint density at radius 1 is 1.06 bits per heavy atom. The molecular formula is C21H23F6NO4S2. The van der Waals surface area contributed by atoms with Crippen molar-refractivity contribution >= 4 is 27.3 Å². The molecule has 190 valence electrons. The fourth-order valence-electron chi connectivity index (χ4n) is 3.02. The Morgan fingerprint density at radius 2 is 1.71 bits per heavy atom. The number of benzene rings is 1. The standard InChI is InChI=1S/C21H23F6NO4S2/c1-32-19(29)6-2-4-15-9-12-18(33-15)17(5-3-13-20(23,24)21(25,26)27)28-34(30,31)16-10-7-14(22)8-11-16/h7-12,17,28H,2-6,13H2,1H3. The number of thiophene rings is 1. The molecule has 0 fully saturated rings. The van der Waals surface area contributed by atoms with Crippen molar-refractivity contribution in [3.63, 3.8) is 0 Å². The van der Waals surface area contributed by atoms with E-state index < -0.39 is 52.8 Å². The van der Waals surface area contributed by atoms with E-state index >= 15 is 0 Å². The predicted molar refractivity (Wildman–Crippen MR) is 114 cm³/mol. The van der Waals surface area contributed by atoms with Crippen LogP contribution in [0.1, 0.15) is 47.9 Å². The van der Waals surface area contributed by atoms with E-state index in [0.717, 1.165) is 40.5 Å². The molecule has 0 bridgehead atoms. The molecule has 2 aromatic rings. The summed E-state index contributed by atoms with van der Waals surface area (Å²) in [6.07, 6.45) is -7.06. The summed E-state index contributed by atoms with van der Waals surface area (Å²) in [5.74, 6) is -5.96. The Balaban J connectivity index is 2.18. The lowest BCUT2D eigenvalue weighted by molar-refractivity contribution is -0.284. The van der Waals surface area contributed by atoms with Gasteiger partial charge in [-0.15, -0.1) is 11.3 Å². The van der Waals surface area contributed by atoms with E-state index in [0.29, 0.717) is 17.7 Å². The van der Waals surface area contributed by atoms with Crippen molar-refractivity contribution in [1.82, 2.24) is 4.72 Å². The molecule has 1 atom stereocenters. The summed E-state index contributed by atoms with van der Waals surface area (Å²) in [5.41, 5.74) is 0. The quantitative estimate of drug-likeness (QED) is 0.279. The molecule has 0 spiro atoms. The Bertz CT molecular complexity index is 1050. The molecule has 0 radical (unpaired) electrons. The Morgan fingerprint density at radius 3 is 2.29 bits per heavy atom. The Labute approximate surface area is 197 Å². The van der Waals surface area contributed by atoms with Crippen LogP contribution in [0.25, 0.3) is 0 Å². The van der Waals surface area contributed by atoms with Gasteiger partial charge in [0.05, 0.1) is 18.0 Å². The van der Waals surface area contributed by atoms with Crippen molar-refractivity contribution in [3.05, 3.63) is 52.0 Å². The zero-order valence-electron chi connectivity index (χ0n) is 18.0. The van der Waals surface area contributed by atoms with Crippen LogP contribution in [-0.4, -0.2) is 33.6 Å². The summed E-state index contributed by atoms with van der Waals surface area (Å²) in [7, 11) is -2.97. The topological polar surface area (TPSA) is 72.5 Å². The number of carbonyl (C=O) groups is 1. The van der Waals surface area contributed by atoms with Gasteiger partial charge in [-0.25, -0.2) is 17.5 Å². The first-order valence-corrected chi connectivity index (χ1v) is 12.4. The van der Waals surface area contributed by atoms with Crippen LogP contribution >= 0.6 is 11.3 Å². The molecule has 0 aliphatic rings. The summed E-state index contributed by atoms with van der Waals surface area (Å²) in [6, 6.07) is 6.02. The van der Waals surface area contributed by atoms with Gasteiger partial charge in [-0.05, 0) is 62.1 Å². The fourth-order valence-corrected chi connectivity index (χ4v) is 5.49. The second-order valence-corrected chi connectivity index (χ2v) is 10.4. The number of esters is 1. The van der Waals surface area contributed by atoms with Crippen LogP contribution in [0.2, 0.25) is 0 Å². The van der Waals surface area contributed by atoms with Crippen molar-refractivity contribution in [1.29, 1.82) is 0 Å². The molecule has 0 saturated carbocycles. The van der Waals surface area contributed by atoms with Crippen LogP contribution in [0, 0.1) is 5.82 Å². The van der Waals surface area contributed by atoms with Crippen molar-refractivity contribution < 1.29 is 44.3 Å². The van der Waals surface area contributed by atoms with E-state index in [1.165, 1.54) is 7.11 Å². The van der Waals surface area contributed by atoms with Gasteiger partial charge in [0.2, 0.25) is 10.0 Å². The number of hydrogen-bond acceptors (Lipinski definition) is 5. The molecule has 13 heteroatoms. The number of alkyl halides is 5. The number of sulfonamides is 1. The van der Waals surface area contributed by atoms with Crippen molar-refractivity contribution in [2.75, 3.05) is 7.11 Å². The molecule has 5 nitrogen and oxygen atoms in total. The molecule has 34 heavy (non-hydrogen) atoms. The van der Waals surface area contributed by atoms with Crippen LogP contribution in [-0.2, 0) is 26.0 Å². The molecule has 1 N–H and O–H groups in total. The van der Waals surface area contributed by atoms with Gasteiger partial charge in [-0.3, -0.25) is 4.79 Å². The molecule has 2 rings (SSSR count). The van der Waals surface area contributed by atoms with E-state index in [2.05, 4.69) is 9.46 Å². The molecule has 1 aromatic heterocycles. The van der Waals surface area contributed by atoms with Gasteiger partial charge < -0.3 is 4.74 Å². The zero-order valence-corrected chi connectivity index (χ0v) is 19.6. The lowest BCUT2D eigenvalue weighted by Crippen LogP contribution is -2.36. The highest BCUT2D eigenvalue weighted by Gasteiger charge is 2.56. The maximum Gasteiger partial charge on any atom is 0.453 e. The van der Waals surface area contributed by atoms with E-state index in [1.54, 1.807) is 12.1 Å². The van der Waals surface area contributed by atoms with Gasteiger partial charge >= 0.3 is 18.1 Å². The third-order valence-corrected chi connectivity index (χ3v) is 7.62. The van der Waals surface area contributed by atoms with E-state index in [9.17, 15) is 39.6 Å². The molecular weight excluding hydrogens is 508 g/mol. The third-order valence-electron chi connectivity index (χ3n) is 4.88. The SMILES string of the molecule is COC(=O)CCCc1ccc(C(CCCC(F)(F)C(F)(F)F)NS(=O)(=O)c2ccc(F)cc2)s1. The summed E-state index contributed by atoms with van der Waals surface area (Å²) in [5, 5.41) is 0. The minimum absolute atomic E-state index is 0.164. The zero-order chi connectivity index (χ0) is 25.6. The highest BCUT2D eigenvalue weighted by atomic mass is 32.2. The van der Waals surface area contributed by atoms with E-state index in [4.69, 9.17) is 0 Å². The maximum atomic E-state index is 13.3. The predicted octanol–water partition coefficient (Wildman–Crippen LogP) is 5.77. The fraction of sp³-hybridized carbons (Fsp3) is 0.476. The smallest absolute Gasteiger partial charge is 0.453 e. The first-order valence-electron chi connectivity index (χ1n) is 10.1. The lowest BCUT2D eigenvalue weighted by Gasteiger charge is -2.22. The normalized spacial score (nSPS) is 13.6. The third kappa shape index (κ3) is 7.98. The number of hydrogen-bond donors (Lipinski definition) is 1. The summed E-state index contributed by atoms with van der Waals surface area (Å²) in [6.45, 7) is 0. The maximum absolute atomic E-state index is 13.3. The first-order chi connectivity index (χ1) is 15.7. The van der Waals surface area contributed by atoms with Crippen LogP contribution < -0.4 is 4.72 Å². The number of aryl methyl sites for hydroxylation is 1. The lowest BCUT2D eigenvalue weighted by atomic mass is 10.1. The molecule has 0 saturated heterocycles. The molecule has 1 aromatic carbocycles. The van der Waals surface area contributed by atoms with Gasteiger partial charge in [0, 0.05) is 22.6 Å². The average molecular weight is 532 g/mol. The number of ether oxygens (including phenoxy) is 1. The van der Waals surface area contributed by atoms with E-state index in [-0.39, 0.29) is 17.7 Å². The number of rotatable bonds is 12. The highest BCUT2D eigenvalue weighted by molar-refractivity contribution is 7.89. The number of carbonyl (C=O) groups excluding carboxylic acids is 1. The minimum Gasteiger partial charge on any atom is -0.469 e. The molecule has 0 aliphatic heterocycles. The second-order valence-electron chi connectivity index (χ2n) is 7.46. The average Bonchev–Trinajstić information content (AvgIpc) is 3.21. The second kappa shape index (κ2) is 11.5. The van der Waals surface area contributed by atoms with Crippen LogP contribution in [0.15, 0.2) is 41.3 Å². The highest BCUT2D eigenvalue weighted by Crippen LogP contribution is 2.40. The van der Waals surface area contributed by atoms with Crippen molar-refractivity contribution in [2.24, 2.45) is 0 Å². The Hall–Kier alpha value is -2.12. The summed E-state index contributed by atoms with van der Waals surface area (Å²) in [4.78, 5) is 12.1. The number of methoxy groups -OCH3 is 1. The van der Waals surface area contributed by atoms with Gasteiger partial charge in [0.15, 0.2) is 0 Å². The van der Waals surface area contributed by atoms with Gasteiger partial charge in [0.1, 0.15) is 5.82 Å². The summed E-state index contributed by atoms with van der Waals surface area (Å²) < 4.78 is 110. The number of halogens is 6. The molecule has 0 aliphatic carbocycles. The largest absolute Gasteiger partial charge is 0.469 e. The van der Waals surface area contributed by atoms with Crippen molar-refractivity contribution in [3.8, 4) is 0 Å². The monoisotopic (exact) mass is 531 g/mol. The Kier molecular flexibility index (Phi) is 9.54. The minimum atomic E-state index is -5.70. The van der Waals surface area contributed by atoms with Crippen molar-refractivity contribution in [2.45, 2.75) is 61.6 Å². The molecule has 0 amide bonds. The van der Waals surface area contributed by atoms with E-state index in [1.807, 2.05) is 0 Å². The molecule has 1 unspecified atom stereocenters.